The van der Waals surface area contributed by atoms with Gasteiger partial charge in [-0.25, -0.2) is 0 Å². The van der Waals surface area contributed by atoms with Crippen LogP contribution in [0.1, 0.15) is 34.6 Å². The molecule has 0 rings (SSSR count). The maximum Gasteiger partial charge on any atom is 0.237 e. The molecule has 2 N–H and O–H groups in total. The first-order valence-electron chi connectivity index (χ1n) is 4.82. The summed E-state index contributed by atoms with van der Waals surface area (Å²) in [6, 6.07) is -0.199. The van der Waals surface area contributed by atoms with Crippen molar-refractivity contribution in [2.75, 3.05) is 6.54 Å². The molecule has 0 aromatic rings. The Hall–Kier alpha value is -1.01. The van der Waals surface area contributed by atoms with Gasteiger partial charge in [0.25, 0.3) is 0 Å². The van der Waals surface area contributed by atoms with Crippen LogP contribution >= 0.6 is 0 Å². The first-order chi connectivity index (χ1) is 6.37. The van der Waals surface area contributed by atoms with Gasteiger partial charge in [-0.05, 0) is 34.6 Å². The molecular formula is C11H20N2O. The third kappa shape index (κ3) is 6.50. The molecule has 0 spiro atoms. The van der Waals surface area contributed by atoms with Gasteiger partial charge < -0.3 is 5.32 Å². The standard InChI is InChI=1S/C11H20N2O/c1-6-7-8-12-9(2)10(14)13-11(3,4)5/h9,12H,8H2,1-5H3,(H,13,14). The molecule has 0 radical (unpaired) electrons. The predicted octanol–water partition coefficient (Wildman–Crippen LogP) is 0.902. The van der Waals surface area contributed by atoms with Gasteiger partial charge in [0.2, 0.25) is 5.91 Å². The second kappa shape index (κ2) is 5.66. The van der Waals surface area contributed by atoms with Gasteiger partial charge in [0.05, 0.1) is 12.6 Å². The van der Waals surface area contributed by atoms with Gasteiger partial charge in [0.1, 0.15) is 0 Å². The molecule has 1 amide bonds. The van der Waals surface area contributed by atoms with E-state index in [1.807, 2.05) is 27.7 Å². The smallest absolute Gasteiger partial charge is 0.237 e. The molecule has 0 fully saturated rings. The summed E-state index contributed by atoms with van der Waals surface area (Å²) in [5.41, 5.74) is -0.177. The molecule has 0 bridgehead atoms. The van der Waals surface area contributed by atoms with E-state index in [4.69, 9.17) is 0 Å². The molecule has 3 nitrogen and oxygen atoms in total. The van der Waals surface area contributed by atoms with Crippen LogP contribution in [0, 0.1) is 11.8 Å². The summed E-state index contributed by atoms with van der Waals surface area (Å²) < 4.78 is 0. The maximum atomic E-state index is 11.5. The lowest BCUT2D eigenvalue weighted by Crippen LogP contribution is -2.49. The Kier molecular flexibility index (Phi) is 5.26. The number of hydrogen-bond acceptors (Lipinski definition) is 2. The molecule has 0 aliphatic heterocycles. The van der Waals surface area contributed by atoms with Crippen LogP contribution in [-0.2, 0) is 4.79 Å². The molecule has 0 aliphatic rings. The number of hydrogen-bond donors (Lipinski definition) is 2. The average Bonchev–Trinajstić information content (AvgIpc) is 2.01. The first kappa shape index (κ1) is 13.0. The highest BCUT2D eigenvalue weighted by Gasteiger charge is 2.17. The first-order valence-corrected chi connectivity index (χ1v) is 4.82. The fourth-order valence-electron chi connectivity index (χ4n) is 0.863. The van der Waals surface area contributed by atoms with Crippen molar-refractivity contribution in [3.63, 3.8) is 0 Å². The van der Waals surface area contributed by atoms with Crippen LogP contribution in [0.3, 0.4) is 0 Å². The van der Waals surface area contributed by atoms with Gasteiger partial charge in [-0.3, -0.25) is 10.1 Å². The summed E-state index contributed by atoms with van der Waals surface area (Å²) in [5.74, 6) is 5.63. The second-order valence-electron chi connectivity index (χ2n) is 4.27. The highest BCUT2D eigenvalue weighted by molar-refractivity contribution is 5.81. The van der Waals surface area contributed by atoms with Gasteiger partial charge >= 0.3 is 0 Å². The van der Waals surface area contributed by atoms with Gasteiger partial charge in [0, 0.05) is 5.54 Å². The van der Waals surface area contributed by atoms with E-state index in [9.17, 15) is 4.79 Å². The van der Waals surface area contributed by atoms with E-state index in [2.05, 4.69) is 22.5 Å². The Bertz CT molecular complexity index is 242. The molecule has 1 atom stereocenters. The van der Waals surface area contributed by atoms with Gasteiger partial charge in [-0.2, -0.15) is 0 Å². The highest BCUT2D eigenvalue weighted by Crippen LogP contribution is 1.98. The van der Waals surface area contributed by atoms with Crippen LogP contribution in [0.4, 0.5) is 0 Å². The van der Waals surface area contributed by atoms with Crippen molar-refractivity contribution in [2.45, 2.75) is 46.2 Å². The number of carbonyl (C=O) groups excluding carboxylic acids is 1. The minimum Gasteiger partial charge on any atom is -0.350 e. The normalized spacial score (nSPS) is 12.6. The Balaban J connectivity index is 3.92. The predicted molar refractivity (Wildman–Crippen MR) is 58.8 cm³/mol. The van der Waals surface area contributed by atoms with Crippen molar-refractivity contribution in [3.05, 3.63) is 0 Å². The highest BCUT2D eigenvalue weighted by atomic mass is 16.2. The summed E-state index contributed by atoms with van der Waals surface area (Å²) >= 11 is 0. The minimum absolute atomic E-state index is 0.00963. The molecule has 14 heavy (non-hydrogen) atoms. The summed E-state index contributed by atoms with van der Waals surface area (Å²) in [6.45, 7) is 10.0. The van der Waals surface area contributed by atoms with Crippen LogP contribution in [0.25, 0.3) is 0 Å². The van der Waals surface area contributed by atoms with Crippen LogP contribution in [0.5, 0.6) is 0 Å². The Labute approximate surface area is 86.6 Å². The molecule has 0 saturated heterocycles. The van der Waals surface area contributed by atoms with Crippen molar-refractivity contribution >= 4 is 5.91 Å². The molecule has 0 aliphatic carbocycles. The van der Waals surface area contributed by atoms with E-state index in [-0.39, 0.29) is 17.5 Å². The van der Waals surface area contributed by atoms with E-state index in [1.165, 1.54) is 0 Å². The van der Waals surface area contributed by atoms with E-state index < -0.39 is 0 Å². The maximum absolute atomic E-state index is 11.5. The van der Waals surface area contributed by atoms with Crippen molar-refractivity contribution in [3.8, 4) is 11.8 Å². The topological polar surface area (TPSA) is 41.1 Å². The molecule has 3 heteroatoms. The molecule has 0 heterocycles. The van der Waals surface area contributed by atoms with Crippen LogP contribution in [0.15, 0.2) is 0 Å². The number of nitrogens with one attached hydrogen (secondary N) is 2. The van der Waals surface area contributed by atoms with E-state index in [0.717, 1.165) is 0 Å². The summed E-state index contributed by atoms with van der Waals surface area (Å²) in [5, 5.41) is 5.92. The molecular weight excluding hydrogens is 176 g/mol. The Morgan fingerprint density at radius 2 is 2.00 bits per heavy atom. The van der Waals surface area contributed by atoms with E-state index in [1.54, 1.807) is 6.92 Å². The fourth-order valence-corrected chi connectivity index (χ4v) is 0.863. The van der Waals surface area contributed by atoms with Crippen LogP contribution in [0.2, 0.25) is 0 Å². The summed E-state index contributed by atoms with van der Waals surface area (Å²) in [7, 11) is 0. The second-order valence-corrected chi connectivity index (χ2v) is 4.27. The van der Waals surface area contributed by atoms with Gasteiger partial charge in [-0.1, -0.05) is 5.92 Å². The minimum atomic E-state index is -0.199. The third-order valence-electron chi connectivity index (χ3n) is 1.56. The van der Waals surface area contributed by atoms with Crippen LogP contribution in [-0.4, -0.2) is 24.0 Å². The zero-order chi connectivity index (χ0) is 11.2. The van der Waals surface area contributed by atoms with Crippen molar-refractivity contribution in [1.82, 2.24) is 10.6 Å². The quantitative estimate of drug-likeness (QED) is 0.659. The fraction of sp³-hybridized carbons (Fsp3) is 0.727. The molecule has 0 aromatic heterocycles. The lowest BCUT2D eigenvalue weighted by molar-refractivity contribution is -0.124. The van der Waals surface area contributed by atoms with Crippen LogP contribution < -0.4 is 10.6 Å². The zero-order valence-electron chi connectivity index (χ0n) is 9.69. The Morgan fingerprint density at radius 1 is 1.43 bits per heavy atom. The molecule has 1 unspecified atom stereocenters. The Morgan fingerprint density at radius 3 is 2.43 bits per heavy atom. The molecule has 80 valence electrons. The summed E-state index contributed by atoms with van der Waals surface area (Å²) in [4.78, 5) is 11.5. The number of carbonyl (C=O) groups is 1. The summed E-state index contributed by atoms with van der Waals surface area (Å²) in [6.07, 6.45) is 0. The third-order valence-corrected chi connectivity index (χ3v) is 1.56. The molecule has 0 aromatic carbocycles. The van der Waals surface area contributed by atoms with Crippen molar-refractivity contribution < 1.29 is 4.79 Å². The SMILES string of the molecule is CC#CCNC(C)C(=O)NC(C)(C)C. The zero-order valence-corrected chi connectivity index (χ0v) is 9.69. The van der Waals surface area contributed by atoms with Gasteiger partial charge in [-0.15, -0.1) is 5.92 Å². The average molecular weight is 196 g/mol. The van der Waals surface area contributed by atoms with E-state index >= 15 is 0 Å². The number of amides is 1. The molecule has 0 saturated carbocycles. The lowest BCUT2D eigenvalue weighted by atomic mass is 10.1. The number of rotatable bonds is 3. The monoisotopic (exact) mass is 196 g/mol. The van der Waals surface area contributed by atoms with E-state index in [0.29, 0.717) is 6.54 Å². The van der Waals surface area contributed by atoms with Gasteiger partial charge in [0.15, 0.2) is 0 Å². The largest absolute Gasteiger partial charge is 0.350 e. The van der Waals surface area contributed by atoms with Crippen molar-refractivity contribution in [1.29, 1.82) is 0 Å². The lowest BCUT2D eigenvalue weighted by Gasteiger charge is -2.23. The van der Waals surface area contributed by atoms with Crippen molar-refractivity contribution in [2.24, 2.45) is 0 Å².